The van der Waals surface area contributed by atoms with E-state index in [9.17, 15) is 9.59 Å². The second kappa shape index (κ2) is 13.1. The summed E-state index contributed by atoms with van der Waals surface area (Å²) in [5.41, 5.74) is 4.38. The molecule has 0 radical (unpaired) electrons. The number of esters is 1. The van der Waals surface area contributed by atoms with Crippen molar-refractivity contribution in [2.75, 3.05) is 0 Å². The zero-order valence-corrected chi connectivity index (χ0v) is 21.3. The topological polar surface area (TPSA) is 86.2 Å². The standard InChI is InChI=1S/C30H25ClN2O5/c1-21(37-27-17-15-26(16-18-27)36-20-22-7-3-2-4-8-22)29(34)33-32-19-24-9-5-6-10-28(24)38-30(35)23-11-13-25(31)14-12-23/h2-19,21H,20H2,1H3,(H,33,34)/b32-19-/t21-/m1/s1. The Morgan fingerprint density at radius 2 is 1.53 bits per heavy atom. The largest absolute Gasteiger partial charge is 0.489 e. The maximum atomic E-state index is 12.5. The van der Waals surface area contributed by atoms with Crippen LogP contribution in [0, 0.1) is 0 Å². The second-order valence-electron chi connectivity index (χ2n) is 8.17. The Morgan fingerprint density at radius 3 is 2.26 bits per heavy atom. The van der Waals surface area contributed by atoms with Crippen molar-refractivity contribution in [3.05, 3.63) is 125 Å². The maximum absolute atomic E-state index is 12.5. The number of hydrogen-bond acceptors (Lipinski definition) is 6. The van der Waals surface area contributed by atoms with Gasteiger partial charge in [-0.15, -0.1) is 0 Å². The highest BCUT2D eigenvalue weighted by atomic mass is 35.5. The Bertz CT molecular complexity index is 1390. The van der Waals surface area contributed by atoms with Crippen molar-refractivity contribution < 1.29 is 23.8 Å². The van der Waals surface area contributed by atoms with E-state index in [0.29, 0.717) is 40.0 Å². The third kappa shape index (κ3) is 7.69. The van der Waals surface area contributed by atoms with Crippen LogP contribution >= 0.6 is 11.6 Å². The number of hydrazone groups is 1. The lowest BCUT2D eigenvalue weighted by Gasteiger charge is -2.13. The number of carbonyl (C=O) groups excluding carboxylic acids is 2. The van der Waals surface area contributed by atoms with Crippen LogP contribution in [0.1, 0.15) is 28.4 Å². The van der Waals surface area contributed by atoms with Gasteiger partial charge in [0.2, 0.25) is 0 Å². The molecule has 7 nitrogen and oxygen atoms in total. The van der Waals surface area contributed by atoms with Gasteiger partial charge in [0.15, 0.2) is 6.10 Å². The number of benzene rings is 4. The van der Waals surface area contributed by atoms with Gasteiger partial charge in [-0.05, 0) is 73.2 Å². The number of ether oxygens (including phenoxy) is 3. The smallest absolute Gasteiger partial charge is 0.343 e. The molecule has 1 amide bonds. The van der Waals surface area contributed by atoms with Crippen LogP contribution in [-0.4, -0.2) is 24.2 Å². The van der Waals surface area contributed by atoms with E-state index in [1.807, 2.05) is 30.3 Å². The molecule has 0 aliphatic rings. The van der Waals surface area contributed by atoms with E-state index in [0.717, 1.165) is 5.56 Å². The number of rotatable bonds is 10. The van der Waals surface area contributed by atoms with E-state index < -0.39 is 18.0 Å². The van der Waals surface area contributed by atoms with Crippen LogP contribution in [0.5, 0.6) is 17.2 Å². The first-order valence-electron chi connectivity index (χ1n) is 11.8. The molecule has 0 fully saturated rings. The molecular formula is C30H25ClN2O5. The molecule has 0 aliphatic carbocycles. The lowest BCUT2D eigenvalue weighted by atomic mass is 10.2. The first-order valence-corrected chi connectivity index (χ1v) is 12.2. The monoisotopic (exact) mass is 528 g/mol. The normalized spacial score (nSPS) is 11.5. The lowest BCUT2D eigenvalue weighted by Crippen LogP contribution is -2.33. The third-order valence-electron chi connectivity index (χ3n) is 5.33. The molecule has 0 saturated heterocycles. The zero-order chi connectivity index (χ0) is 26.7. The Kier molecular flexibility index (Phi) is 9.10. The van der Waals surface area contributed by atoms with Crippen molar-refractivity contribution in [3.8, 4) is 17.2 Å². The highest BCUT2D eigenvalue weighted by Crippen LogP contribution is 2.20. The molecule has 0 bridgehead atoms. The lowest BCUT2D eigenvalue weighted by molar-refractivity contribution is -0.127. The third-order valence-corrected chi connectivity index (χ3v) is 5.59. The Hall–Kier alpha value is -4.62. The van der Waals surface area contributed by atoms with Gasteiger partial charge in [0, 0.05) is 10.6 Å². The summed E-state index contributed by atoms with van der Waals surface area (Å²) in [5, 5.41) is 4.51. The van der Waals surface area contributed by atoms with E-state index in [2.05, 4.69) is 10.5 Å². The Balaban J connectivity index is 1.28. The van der Waals surface area contributed by atoms with Crippen LogP contribution in [0.15, 0.2) is 108 Å². The molecule has 4 aromatic carbocycles. The summed E-state index contributed by atoms with van der Waals surface area (Å²) in [6.07, 6.45) is 0.592. The van der Waals surface area contributed by atoms with E-state index in [1.165, 1.54) is 6.21 Å². The summed E-state index contributed by atoms with van der Waals surface area (Å²) >= 11 is 5.87. The van der Waals surface area contributed by atoms with Gasteiger partial charge in [-0.25, -0.2) is 10.2 Å². The predicted octanol–water partition coefficient (Wildman–Crippen LogP) is 6.06. The minimum atomic E-state index is -0.804. The van der Waals surface area contributed by atoms with Crippen LogP contribution in [0.3, 0.4) is 0 Å². The van der Waals surface area contributed by atoms with Crippen molar-refractivity contribution in [3.63, 3.8) is 0 Å². The van der Waals surface area contributed by atoms with Crippen LogP contribution in [0.4, 0.5) is 0 Å². The van der Waals surface area contributed by atoms with Crippen LogP contribution in [-0.2, 0) is 11.4 Å². The maximum Gasteiger partial charge on any atom is 0.343 e. The van der Waals surface area contributed by atoms with E-state index in [4.69, 9.17) is 25.8 Å². The number of amides is 1. The summed E-state index contributed by atoms with van der Waals surface area (Å²) in [6, 6.07) is 30.1. The van der Waals surface area contributed by atoms with Gasteiger partial charge in [0.05, 0.1) is 11.8 Å². The molecule has 8 heteroatoms. The number of carbonyl (C=O) groups is 2. The van der Waals surface area contributed by atoms with Gasteiger partial charge in [-0.1, -0.05) is 54.1 Å². The molecule has 38 heavy (non-hydrogen) atoms. The van der Waals surface area contributed by atoms with E-state index in [-0.39, 0.29) is 0 Å². The Labute approximate surface area is 225 Å². The summed E-state index contributed by atoms with van der Waals surface area (Å²) in [4.78, 5) is 24.9. The second-order valence-corrected chi connectivity index (χ2v) is 8.61. The molecule has 0 unspecified atom stereocenters. The molecule has 0 saturated carbocycles. The quantitative estimate of drug-likeness (QED) is 0.117. The summed E-state index contributed by atoms with van der Waals surface area (Å²) in [6.45, 7) is 2.08. The van der Waals surface area contributed by atoms with Gasteiger partial charge in [-0.2, -0.15) is 5.10 Å². The number of halogens is 1. The highest BCUT2D eigenvalue weighted by Gasteiger charge is 2.15. The van der Waals surface area contributed by atoms with Gasteiger partial charge in [0.1, 0.15) is 23.9 Å². The van der Waals surface area contributed by atoms with Crippen molar-refractivity contribution >= 4 is 29.7 Å². The molecule has 4 aromatic rings. The average Bonchev–Trinajstić information content (AvgIpc) is 2.94. The molecule has 192 valence electrons. The average molecular weight is 529 g/mol. The Morgan fingerprint density at radius 1 is 0.868 bits per heavy atom. The van der Waals surface area contributed by atoms with Gasteiger partial charge in [0.25, 0.3) is 5.91 Å². The number of nitrogens with zero attached hydrogens (tertiary/aromatic N) is 1. The van der Waals surface area contributed by atoms with Gasteiger partial charge < -0.3 is 14.2 Å². The summed E-state index contributed by atoms with van der Waals surface area (Å²) in [7, 11) is 0. The molecule has 0 heterocycles. The van der Waals surface area contributed by atoms with Crippen LogP contribution < -0.4 is 19.6 Å². The van der Waals surface area contributed by atoms with Crippen molar-refractivity contribution in [1.82, 2.24) is 5.43 Å². The summed E-state index contributed by atoms with van der Waals surface area (Å²) in [5.74, 6) is 0.525. The molecule has 0 aromatic heterocycles. The fourth-order valence-electron chi connectivity index (χ4n) is 3.29. The van der Waals surface area contributed by atoms with Crippen LogP contribution in [0.25, 0.3) is 0 Å². The van der Waals surface area contributed by atoms with Gasteiger partial charge >= 0.3 is 5.97 Å². The minimum absolute atomic E-state index is 0.296. The minimum Gasteiger partial charge on any atom is -0.489 e. The fraction of sp³-hybridized carbons (Fsp3) is 0.100. The molecular weight excluding hydrogens is 504 g/mol. The predicted molar refractivity (Wildman–Crippen MR) is 146 cm³/mol. The van der Waals surface area contributed by atoms with Crippen molar-refractivity contribution in [2.45, 2.75) is 19.6 Å². The molecule has 1 atom stereocenters. The molecule has 1 N–H and O–H groups in total. The summed E-state index contributed by atoms with van der Waals surface area (Å²) < 4.78 is 17.0. The first kappa shape index (κ1) is 26.4. The zero-order valence-electron chi connectivity index (χ0n) is 20.5. The van der Waals surface area contributed by atoms with Gasteiger partial charge in [-0.3, -0.25) is 4.79 Å². The van der Waals surface area contributed by atoms with Crippen molar-refractivity contribution in [1.29, 1.82) is 0 Å². The van der Waals surface area contributed by atoms with E-state index >= 15 is 0 Å². The number of hydrogen-bond donors (Lipinski definition) is 1. The SMILES string of the molecule is C[C@@H](Oc1ccc(OCc2ccccc2)cc1)C(=O)N/N=C\c1ccccc1OC(=O)c1ccc(Cl)cc1. The molecule has 0 spiro atoms. The molecule has 0 aliphatic heterocycles. The van der Waals surface area contributed by atoms with Crippen molar-refractivity contribution in [2.24, 2.45) is 5.10 Å². The highest BCUT2D eigenvalue weighted by molar-refractivity contribution is 6.30. The number of nitrogens with one attached hydrogen (secondary N) is 1. The van der Waals surface area contributed by atoms with Crippen LogP contribution in [0.2, 0.25) is 5.02 Å². The number of para-hydroxylation sites is 1. The fourth-order valence-corrected chi connectivity index (χ4v) is 3.42. The first-order chi connectivity index (χ1) is 18.5. The van der Waals surface area contributed by atoms with E-state index in [1.54, 1.807) is 79.7 Å². The molecule has 4 rings (SSSR count).